The van der Waals surface area contributed by atoms with Gasteiger partial charge in [-0.2, -0.15) is 0 Å². The molecule has 0 bridgehead atoms. The Morgan fingerprint density at radius 2 is 1.85 bits per heavy atom. The minimum atomic E-state index is 0.768. The molecule has 0 unspecified atom stereocenters. The van der Waals surface area contributed by atoms with Crippen molar-refractivity contribution in [2.45, 2.75) is 20.8 Å². The summed E-state index contributed by atoms with van der Waals surface area (Å²) in [4.78, 5) is 11.2. The lowest BCUT2D eigenvalue weighted by atomic mass is 10.3. The number of para-hydroxylation sites is 1. The molecule has 4 nitrogen and oxygen atoms in total. The van der Waals surface area contributed by atoms with Crippen LogP contribution in [0.5, 0.6) is 0 Å². The number of rotatable bonds is 5. The average Bonchev–Trinajstić information content (AvgIpc) is 2.42. The minimum absolute atomic E-state index is 0.768. The number of hydrogen-bond donors (Lipinski definition) is 1. The molecule has 0 saturated carbocycles. The summed E-state index contributed by atoms with van der Waals surface area (Å²) in [7, 11) is 0. The van der Waals surface area contributed by atoms with E-state index >= 15 is 0 Å². The minimum Gasteiger partial charge on any atom is -0.357 e. The third-order valence-corrected chi connectivity index (χ3v) is 3.74. The van der Waals surface area contributed by atoms with E-state index in [9.17, 15) is 0 Å². The Balaban J connectivity index is 2.31. The number of nitrogens with zero attached hydrogens (tertiary/aromatic N) is 3. The molecule has 0 radical (unpaired) electrons. The van der Waals surface area contributed by atoms with Gasteiger partial charge in [0.2, 0.25) is 0 Å². The van der Waals surface area contributed by atoms with Crippen LogP contribution in [-0.2, 0) is 0 Å². The van der Waals surface area contributed by atoms with Crippen LogP contribution in [0.4, 0.5) is 17.3 Å². The number of aryl methyl sites for hydroxylation is 1. The molecule has 2 rings (SSSR count). The summed E-state index contributed by atoms with van der Waals surface area (Å²) in [5.41, 5.74) is 0.996. The Bertz CT molecular complexity index is 582. The molecule has 1 heterocycles. The van der Waals surface area contributed by atoms with Gasteiger partial charge < -0.3 is 10.2 Å². The van der Waals surface area contributed by atoms with E-state index in [2.05, 4.69) is 50.0 Å². The summed E-state index contributed by atoms with van der Waals surface area (Å²) in [6.45, 7) is 8.03. The van der Waals surface area contributed by atoms with Crippen molar-refractivity contribution in [2.75, 3.05) is 23.3 Å². The van der Waals surface area contributed by atoms with Crippen molar-refractivity contribution in [3.63, 3.8) is 0 Å². The van der Waals surface area contributed by atoms with Gasteiger partial charge in [-0.05, 0) is 48.8 Å². The molecule has 0 aliphatic rings. The first kappa shape index (κ1) is 14.8. The van der Waals surface area contributed by atoms with E-state index in [1.54, 1.807) is 0 Å². The molecule has 2 aromatic rings. The van der Waals surface area contributed by atoms with Crippen molar-refractivity contribution in [2.24, 2.45) is 0 Å². The quantitative estimate of drug-likeness (QED) is 0.892. The molecule has 1 aromatic heterocycles. The Hall–Kier alpha value is -1.62. The van der Waals surface area contributed by atoms with Gasteiger partial charge in [0.05, 0.1) is 5.69 Å². The van der Waals surface area contributed by atoms with E-state index in [4.69, 9.17) is 0 Å². The van der Waals surface area contributed by atoms with E-state index < -0.39 is 0 Å². The first-order valence-electron chi connectivity index (χ1n) is 6.76. The second kappa shape index (κ2) is 6.70. The molecular weight excluding hydrogens is 316 g/mol. The monoisotopic (exact) mass is 334 g/mol. The lowest BCUT2D eigenvalue weighted by Gasteiger charge is -2.20. The summed E-state index contributed by atoms with van der Waals surface area (Å²) in [6, 6.07) is 9.98. The molecule has 1 aromatic carbocycles. The smallest absolute Gasteiger partial charge is 0.136 e. The van der Waals surface area contributed by atoms with Crippen molar-refractivity contribution in [1.82, 2.24) is 9.97 Å². The average molecular weight is 335 g/mol. The SMILES string of the molecule is CCN(CC)c1cc(Nc2ccccc2Br)nc(C)n1. The van der Waals surface area contributed by atoms with Gasteiger partial charge in [0.15, 0.2) is 0 Å². The molecule has 0 saturated heterocycles. The third kappa shape index (κ3) is 3.48. The second-order valence-electron chi connectivity index (χ2n) is 4.44. The van der Waals surface area contributed by atoms with Gasteiger partial charge in [0, 0.05) is 23.6 Å². The number of benzene rings is 1. The highest BCUT2D eigenvalue weighted by Gasteiger charge is 2.08. The molecule has 5 heteroatoms. The Labute approximate surface area is 128 Å². The maximum atomic E-state index is 4.50. The topological polar surface area (TPSA) is 41.0 Å². The van der Waals surface area contributed by atoms with Crippen molar-refractivity contribution in [3.05, 3.63) is 40.6 Å². The summed E-state index contributed by atoms with van der Waals surface area (Å²) in [5.74, 6) is 2.53. The summed E-state index contributed by atoms with van der Waals surface area (Å²) in [5, 5.41) is 3.33. The highest BCUT2D eigenvalue weighted by molar-refractivity contribution is 9.10. The molecule has 0 aliphatic heterocycles. The van der Waals surface area contributed by atoms with E-state index in [-0.39, 0.29) is 0 Å². The van der Waals surface area contributed by atoms with Crippen molar-refractivity contribution >= 4 is 33.3 Å². The fourth-order valence-electron chi connectivity index (χ4n) is 2.03. The highest BCUT2D eigenvalue weighted by Crippen LogP contribution is 2.25. The molecule has 106 valence electrons. The van der Waals surface area contributed by atoms with Crippen LogP contribution in [0.1, 0.15) is 19.7 Å². The molecule has 0 aliphatic carbocycles. The number of aromatic nitrogens is 2. The molecule has 1 N–H and O–H groups in total. The fraction of sp³-hybridized carbons (Fsp3) is 0.333. The van der Waals surface area contributed by atoms with Crippen molar-refractivity contribution in [3.8, 4) is 0 Å². The van der Waals surface area contributed by atoms with Crippen LogP contribution in [-0.4, -0.2) is 23.1 Å². The predicted molar refractivity (Wildman–Crippen MR) is 87.8 cm³/mol. The maximum absolute atomic E-state index is 4.50. The Morgan fingerprint density at radius 1 is 1.15 bits per heavy atom. The van der Waals surface area contributed by atoms with Gasteiger partial charge in [0.25, 0.3) is 0 Å². The van der Waals surface area contributed by atoms with Gasteiger partial charge in [-0.15, -0.1) is 0 Å². The molecule has 0 fully saturated rings. The van der Waals surface area contributed by atoms with Gasteiger partial charge in [0.1, 0.15) is 17.5 Å². The van der Waals surface area contributed by atoms with Crippen molar-refractivity contribution in [1.29, 1.82) is 0 Å². The molecule has 0 atom stereocenters. The fourth-order valence-corrected chi connectivity index (χ4v) is 2.41. The van der Waals surface area contributed by atoms with Crippen LogP contribution in [0.15, 0.2) is 34.8 Å². The maximum Gasteiger partial charge on any atom is 0.136 e. The summed E-state index contributed by atoms with van der Waals surface area (Å²) < 4.78 is 1.01. The van der Waals surface area contributed by atoms with Gasteiger partial charge in [-0.1, -0.05) is 12.1 Å². The van der Waals surface area contributed by atoms with Crippen LogP contribution in [0.3, 0.4) is 0 Å². The summed E-state index contributed by atoms with van der Waals surface area (Å²) in [6.07, 6.45) is 0. The number of hydrogen-bond acceptors (Lipinski definition) is 4. The van der Waals surface area contributed by atoms with Crippen molar-refractivity contribution < 1.29 is 0 Å². The van der Waals surface area contributed by atoms with Gasteiger partial charge in [-0.3, -0.25) is 0 Å². The summed E-state index contributed by atoms with van der Waals surface area (Å²) >= 11 is 3.53. The first-order chi connectivity index (χ1) is 9.63. The Kier molecular flexibility index (Phi) is 4.95. The van der Waals surface area contributed by atoms with E-state index in [1.165, 1.54) is 0 Å². The zero-order valence-corrected chi connectivity index (χ0v) is 13.6. The lowest BCUT2D eigenvalue weighted by Crippen LogP contribution is -2.23. The largest absolute Gasteiger partial charge is 0.357 e. The number of nitrogens with one attached hydrogen (secondary N) is 1. The first-order valence-corrected chi connectivity index (χ1v) is 7.55. The van der Waals surface area contributed by atoms with E-state index in [1.807, 2.05) is 37.3 Å². The number of halogens is 1. The molecule has 20 heavy (non-hydrogen) atoms. The van der Waals surface area contributed by atoms with Crippen LogP contribution < -0.4 is 10.2 Å². The van der Waals surface area contributed by atoms with E-state index in [0.29, 0.717) is 0 Å². The third-order valence-electron chi connectivity index (χ3n) is 3.05. The lowest BCUT2D eigenvalue weighted by molar-refractivity contribution is 0.835. The zero-order valence-electron chi connectivity index (χ0n) is 12.0. The molecular formula is C15H19BrN4. The van der Waals surface area contributed by atoms with Crippen LogP contribution in [0, 0.1) is 6.92 Å². The second-order valence-corrected chi connectivity index (χ2v) is 5.29. The van der Waals surface area contributed by atoms with Crippen LogP contribution in [0.2, 0.25) is 0 Å². The van der Waals surface area contributed by atoms with Gasteiger partial charge >= 0.3 is 0 Å². The highest BCUT2D eigenvalue weighted by atomic mass is 79.9. The Morgan fingerprint density at radius 3 is 2.50 bits per heavy atom. The predicted octanol–water partition coefficient (Wildman–Crippen LogP) is 4.14. The standard InChI is InChI=1S/C15H19BrN4/c1-4-20(5-2)15-10-14(17-11(3)18-15)19-13-9-7-6-8-12(13)16/h6-10H,4-5H2,1-3H3,(H,17,18,19). The molecule has 0 spiro atoms. The zero-order chi connectivity index (χ0) is 14.5. The van der Waals surface area contributed by atoms with Gasteiger partial charge in [-0.25, -0.2) is 9.97 Å². The van der Waals surface area contributed by atoms with E-state index in [0.717, 1.165) is 40.7 Å². The van der Waals surface area contributed by atoms with Crippen LogP contribution in [0.25, 0.3) is 0 Å². The normalized spacial score (nSPS) is 10.4. The number of anilines is 3. The molecule has 0 amide bonds. The van der Waals surface area contributed by atoms with Crippen LogP contribution >= 0.6 is 15.9 Å².